The van der Waals surface area contributed by atoms with Gasteiger partial charge in [-0.25, -0.2) is 4.79 Å². The molecule has 3 nitrogen and oxygen atoms in total. The minimum absolute atomic E-state index is 0.267. The first kappa shape index (κ1) is 17.1. The molecular formula is C19H19Cl2NO2. The second kappa shape index (κ2) is 6.66. The van der Waals surface area contributed by atoms with Gasteiger partial charge < -0.3 is 10.1 Å². The fourth-order valence-electron chi connectivity index (χ4n) is 3.36. The van der Waals surface area contributed by atoms with Crippen molar-refractivity contribution in [2.75, 3.05) is 11.9 Å². The summed E-state index contributed by atoms with van der Waals surface area (Å²) < 4.78 is 5.22. The fourth-order valence-corrected chi connectivity index (χ4v) is 3.91. The van der Waals surface area contributed by atoms with E-state index in [-0.39, 0.29) is 5.97 Å². The summed E-state index contributed by atoms with van der Waals surface area (Å²) in [6, 6.07) is 13.2. The van der Waals surface area contributed by atoms with E-state index in [4.69, 9.17) is 27.9 Å². The van der Waals surface area contributed by atoms with Crippen LogP contribution in [0.5, 0.6) is 0 Å². The molecule has 1 heterocycles. The van der Waals surface area contributed by atoms with Crippen molar-refractivity contribution in [1.82, 2.24) is 0 Å². The lowest BCUT2D eigenvalue weighted by Crippen LogP contribution is -2.44. The number of esters is 1. The zero-order valence-electron chi connectivity index (χ0n) is 13.6. The third kappa shape index (κ3) is 2.99. The number of anilines is 1. The predicted octanol–water partition coefficient (Wildman–Crippen LogP) is 5.05. The van der Waals surface area contributed by atoms with Crippen molar-refractivity contribution in [3.8, 4) is 0 Å². The summed E-state index contributed by atoms with van der Waals surface area (Å²) in [7, 11) is 0. The van der Waals surface area contributed by atoms with Gasteiger partial charge in [0.1, 0.15) is 6.04 Å². The van der Waals surface area contributed by atoms with Crippen LogP contribution in [0.2, 0.25) is 10.0 Å². The Morgan fingerprint density at radius 1 is 1.29 bits per heavy atom. The Labute approximate surface area is 151 Å². The van der Waals surface area contributed by atoms with E-state index in [2.05, 4.69) is 24.4 Å². The number of rotatable bonds is 3. The van der Waals surface area contributed by atoms with Crippen LogP contribution in [-0.4, -0.2) is 18.6 Å². The predicted molar refractivity (Wildman–Crippen MR) is 98.0 cm³/mol. The van der Waals surface area contributed by atoms with Gasteiger partial charge >= 0.3 is 5.97 Å². The molecule has 0 saturated carbocycles. The van der Waals surface area contributed by atoms with Crippen LogP contribution in [0.1, 0.15) is 31.4 Å². The monoisotopic (exact) mass is 363 g/mol. The number of halogens is 2. The lowest BCUT2D eigenvalue weighted by Gasteiger charge is -2.41. The molecule has 2 atom stereocenters. The van der Waals surface area contributed by atoms with Gasteiger partial charge in [0.2, 0.25) is 0 Å². The van der Waals surface area contributed by atoms with Crippen LogP contribution >= 0.6 is 23.2 Å². The summed E-state index contributed by atoms with van der Waals surface area (Å²) in [5.74, 6) is -0.267. The SMILES string of the molecule is CCOC(=O)[C@@H]1C[C@](C)(c2ccccc2)c2cc(Cl)cc(Cl)c2N1. The first-order chi connectivity index (χ1) is 11.5. The highest BCUT2D eigenvalue weighted by molar-refractivity contribution is 6.36. The van der Waals surface area contributed by atoms with Crippen LogP contribution < -0.4 is 5.32 Å². The highest BCUT2D eigenvalue weighted by atomic mass is 35.5. The Morgan fingerprint density at radius 3 is 2.67 bits per heavy atom. The summed E-state index contributed by atoms with van der Waals surface area (Å²) in [6.07, 6.45) is 0.569. The molecule has 24 heavy (non-hydrogen) atoms. The zero-order valence-corrected chi connectivity index (χ0v) is 15.1. The van der Waals surface area contributed by atoms with Gasteiger partial charge in [0.05, 0.1) is 17.3 Å². The van der Waals surface area contributed by atoms with Crippen molar-refractivity contribution in [3.63, 3.8) is 0 Å². The number of fused-ring (bicyclic) bond motifs is 1. The van der Waals surface area contributed by atoms with Gasteiger partial charge in [-0.3, -0.25) is 0 Å². The van der Waals surface area contributed by atoms with Crippen molar-refractivity contribution >= 4 is 34.9 Å². The van der Waals surface area contributed by atoms with E-state index in [0.29, 0.717) is 23.1 Å². The summed E-state index contributed by atoms with van der Waals surface area (Å²) >= 11 is 12.7. The van der Waals surface area contributed by atoms with Gasteiger partial charge in [-0.15, -0.1) is 0 Å². The highest BCUT2D eigenvalue weighted by Crippen LogP contribution is 2.47. The summed E-state index contributed by atoms with van der Waals surface area (Å²) in [5.41, 5.74) is 2.46. The van der Waals surface area contributed by atoms with E-state index in [1.165, 1.54) is 0 Å². The van der Waals surface area contributed by atoms with Crippen LogP contribution in [0.25, 0.3) is 0 Å². The molecule has 2 aromatic rings. The molecule has 0 amide bonds. The third-order valence-electron chi connectivity index (χ3n) is 4.56. The number of nitrogens with one attached hydrogen (secondary N) is 1. The molecule has 5 heteroatoms. The minimum atomic E-state index is -0.457. The number of hydrogen-bond donors (Lipinski definition) is 1. The standard InChI is InChI=1S/C19H19Cl2NO2/c1-3-24-18(23)16-11-19(2,12-7-5-4-6-8-12)14-9-13(20)10-15(21)17(14)22-16/h4-10,16,22H,3,11H2,1-2H3/t16-,19+/m0/s1. The van der Waals surface area contributed by atoms with Gasteiger partial charge in [0.15, 0.2) is 0 Å². The maximum atomic E-state index is 12.4. The van der Waals surface area contributed by atoms with Gasteiger partial charge in [0, 0.05) is 10.4 Å². The molecule has 1 aliphatic heterocycles. The van der Waals surface area contributed by atoms with Crippen LogP contribution in [0.4, 0.5) is 5.69 Å². The fraction of sp³-hybridized carbons (Fsp3) is 0.316. The van der Waals surface area contributed by atoms with Crippen molar-refractivity contribution < 1.29 is 9.53 Å². The molecule has 1 N–H and O–H groups in total. The van der Waals surface area contributed by atoms with Gasteiger partial charge in [-0.1, -0.05) is 60.5 Å². The number of benzene rings is 2. The number of carbonyl (C=O) groups is 1. The van der Waals surface area contributed by atoms with E-state index >= 15 is 0 Å². The molecule has 0 bridgehead atoms. The van der Waals surface area contributed by atoms with Crippen LogP contribution in [0.15, 0.2) is 42.5 Å². The number of hydrogen-bond acceptors (Lipinski definition) is 3. The molecule has 0 aliphatic carbocycles. The molecule has 0 fully saturated rings. The molecule has 0 radical (unpaired) electrons. The van der Waals surface area contributed by atoms with E-state index in [1.54, 1.807) is 13.0 Å². The first-order valence-corrected chi connectivity index (χ1v) is 8.69. The van der Waals surface area contributed by atoms with Gasteiger partial charge in [-0.05, 0) is 36.6 Å². The largest absolute Gasteiger partial charge is 0.464 e. The molecule has 2 aromatic carbocycles. The van der Waals surface area contributed by atoms with Gasteiger partial charge in [-0.2, -0.15) is 0 Å². The molecule has 0 unspecified atom stereocenters. The molecule has 0 aromatic heterocycles. The third-order valence-corrected chi connectivity index (χ3v) is 5.08. The zero-order chi connectivity index (χ0) is 17.3. The molecule has 1 aliphatic rings. The maximum absolute atomic E-state index is 12.4. The summed E-state index contributed by atoms with van der Waals surface area (Å²) in [6.45, 7) is 4.26. The van der Waals surface area contributed by atoms with Crippen molar-refractivity contribution in [2.24, 2.45) is 0 Å². The van der Waals surface area contributed by atoms with E-state index < -0.39 is 11.5 Å². The maximum Gasteiger partial charge on any atom is 0.328 e. The average molecular weight is 364 g/mol. The Bertz CT molecular complexity index is 763. The molecular weight excluding hydrogens is 345 g/mol. The second-order valence-electron chi connectivity index (χ2n) is 6.16. The Kier molecular flexibility index (Phi) is 4.75. The average Bonchev–Trinajstić information content (AvgIpc) is 2.56. The Morgan fingerprint density at radius 2 is 2.00 bits per heavy atom. The highest BCUT2D eigenvalue weighted by Gasteiger charge is 2.42. The van der Waals surface area contributed by atoms with Crippen LogP contribution in [0.3, 0.4) is 0 Å². The lowest BCUT2D eigenvalue weighted by molar-refractivity contribution is -0.144. The lowest BCUT2D eigenvalue weighted by atomic mass is 9.69. The van der Waals surface area contributed by atoms with Crippen molar-refractivity contribution in [3.05, 3.63) is 63.6 Å². The van der Waals surface area contributed by atoms with Crippen molar-refractivity contribution in [2.45, 2.75) is 31.7 Å². The van der Waals surface area contributed by atoms with E-state index in [1.807, 2.05) is 24.3 Å². The molecule has 0 spiro atoms. The molecule has 126 valence electrons. The minimum Gasteiger partial charge on any atom is -0.464 e. The van der Waals surface area contributed by atoms with Crippen molar-refractivity contribution in [1.29, 1.82) is 0 Å². The molecule has 3 rings (SSSR count). The van der Waals surface area contributed by atoms with Gasteiger partial charge in [0.25, 0.3) is 0 Å². The summed E-state index contributed by atoms with van der Waals surface area (Å²) in [4.78, 5) is 12.4. The normalized spacial score (nSPS) is 22.4. The topological polar surface area (TPSA) is 38.3 Å². The molecule has 0 saturated heterocycles. The second-order valence-corrected chi connectivity index (χ2v) is 7.01. The Balaban J connectivity index is 2.16. The Hall–Kier alpha value is -1.71. The smallest absolute Gasteiger partial charge is 0.328 e. The number of ether oxygens (including phenoxy) is 1. The van der Waals surface area contributed by atoms with Crippen LogP contribution in [-0.2, 0) is 14.9 Å². The quantitative estimate of drug-likeness (QED) is 0.775. The number of carbonyl (C=O) groups excluding carboxylic acids is 1. The van der Waals surface area contributed by atoms with Crippen LogP contribution in [0, 0.1) is 0 Å². The van der Waals surface area contributed by atoms with E-state index in [0.717, 1.165) is 16.8 Å². The first-order valence-electron chi connectivity index (χ1n) is 7.94. The summed E-state index contributed by atoms with van der Waals surface area (Å²) in [5, 5.41) is 4.33. The van der Waals surface area contributed by atoms with E-state index in [9.17, 15) is 4.79 Å².